The second kappa shape index (κ2) is 7.33. The second-order valence-corrected chi connectivity index (χ2v) is 8.78. The Balaban J connectivity index is 1.53. The Labute approximate surface area is 173 Å². The molecule has 2 heterocycles. The number of ketones is 1. The van der Waals surface area contributed by atoms with Crippen LogP contribution < -0.4 is 9.47 Å². The molecule has 1 aromatic heterocycles. The fourth-order valence-corrected chi connectivity index (χ4v) is 3.61. The van der Waals surface area contributed by atoms with Gasteiger partial charge in [0.05, 0.1) is 5.56 Å². The highest BCUT2D eigenvalue weighted by Crippen LogP contribution is 2.35. The summed E-state index contributed by atoms with van der Waals surface area (Å²) in [5.74, 6) is 0.370. The molecule has 29 heavy (non-hydrogen) atoms. The highest BCUT2D eigenvalue weighted by atomic mass is 32.1. The maximum absolute atomic E-state index is 12.6. The zero-order valence-corrected chi connectivity index (χ0v) is 17.2. The number of ether oxygens (including phenoxy) is 2. The molecule has 1 aliphatic heterocycles. The number of carbonyl (C=O) groups excluding carboxylic acids is 2. The molecule has 2 aromatic carbocycles. The van der Waals surface area contributed by atoms with E-state index in [-0.39, 0.29) is 17.0 Å². The van der Waals surface area contributed by atoms with E-state index in [9.17, 15) is 9.59 Å². The first-order valence-electron chi connectivity index (χ1n) is 9.26. The lowest BCUT2D eigenvalue weighted by molar-refractivity contribution is 0.0739. The van der Waals surface area contributed by atoms with Gasteiger partial charge in [0, 0.05) is 6.07 Å². The molecule has 0 saturated heterocycles. The first-order valence-corrected chi connectivity index (χ1v) is 10.1. The second-order valence-electron chi connectivity index (χ2n) is 7.84. The molecule has 0 bridgehead atoms. The van der Waals surface area contributed by atoms with E-state index in [0.717, 1.165) is 5.56 Å². The van der Waals surface area contributed by atoms with Gasteiger partial charge in [-0.2, -0.15) is 0 Å². The van der Waals surface area contributed by atoms with E-state index in [1.165, 1.54) is 16.9 Å². The number of hydrogen-bond acceptors (Lipinski definition) is 5. The van der Waals surface area contributed by atoms with Gasteiger partial charge in [-0.05, 0) is 46.2 Å². The van der Waals surface area contributed by atoms with Crippen molar-refractivity contribution < 1.29 is 19.1 Å². The van der Waals surface area contributed by atoms with Crippen LogP contribution in [0.1, 0.15) is 51.9 Å². The van der Waals surface area contributed by atoms with Gasteiger partial charge in [-0.25, -0.2) is 4.79 Å². The van der Waals surface area contributed by atoms with E-state index in [1.54, 1.807) is 36.4 Å². The molecule has 0 aliphatic carbocycles. The van der Waals surface area contributed by atoms with Crippen molar-refractivity contribution in [2.75, 3.05) is 0 Å². The van der Waals surface area contributed by atoms with Gasteiger partial charge in [-0.15, -0.1) is 11.3 Å². The van der Waals surface area contributed by atoms with Gasteiger partial charge in [0.1, 0.15) is 16.4 Å². The van der Waals surface area contributed by atoms with Crippen molar-refractivity contribution in [1.29, 1.82) is 0 Å². The van der Waals surface area contributed by atoms with E-state index < -0.39 is 5.97 Å². The third kappa shape index (κ3) is 4.00. The zero-order chi connectivity index (χ0) is 20.6. The lowest BCUT2D eigenvalue weighted by atomic mass is 9.86. The fourth-order valence-electron chi connectivity index (χ4n) is 3.01. The molecule has 0 fully saturated rings. The van der Waals surface area contributed by atoms with Crippen molar-refractivity contribution in [1.82, 2.24) is 0 Å². The molecule has 0 radical (unpaired) electrons. The number of benzene rings is 2. The van der Waals surface area contributed by atoms with Gasteiger partial charge in [0.25, 0.3) is 0 Å². The molecule has 146 valence electrons. The lowest BCUT2D eigenvalue weighted by Crippen LogP contribution is -2.10. The SMILES string of the molecule is CC(C)(C)c1ccc(/C=C2/Oc3cc(OC(=O)c4cccs4)ccc3C2=O)cc1. The van der Waals surface area contributed by atoms with Gasteiger partial charge in [0.15, 0.2) is 5.76 Å². The predicted molar refractivity (Wildman–Crippen MR) is 114 cm³/mol. The van der Waals surface area contributed by atoms with E-state index in [1.807, 2.05) is 17.5 Å². The standard InChI is InChI=1S/C24H20O4S/c1-24(2,3)16-8-6-15(7-9-16)13-20-22(25)18-11-10-17(14-19(18)28-20)27-23(26)21-5-4-12-29-21/h4-14H,1-3H3/b20-13+. The topological polar surface area (TPSA) is 52.6 Å². The van der Waals surface area contributed by atoms with Gasteiger partial charge >= 0.3 is 5.97 Å². The van der Waals surface area contributed by atoms with Gasteiger partial charge in [0.2, 0.25) is 5.78 Å². The van der Waals surface area contributed by atoms with E-state index in [4.69, 9.17) is 9.47 Å². The fraction of sp³-hybridized carbons (Fsp3) is 0.167. The Morgan fingerprint density at radius 3 is 2.48 bits per heavy atom. The molecule has 0 amide bonds. The zero-order valence-electron chi connectivity index (χ0n) is 16.4. The molecule has 5 heteroatoms. The smallest absolute Gasteiger partial charge is 0.353 e. The van der Waals surface area contributed by atoms with Crippen LogP contribution in [0.2, 0.25) is 0 Å². The van der Waals surface area contributed by atoms with Crippen LogP contribution in [-0.4, -0.2) is 11.8 Å². The molecule has 0 atom stereocenters. The molecule has 0 saturated carbocycles. The summed E-state index contributed by atoms with van der Waals surface area (Å²) in [6.07, 6.45) is 1.73. The molecule has 4 nitrogen and oxygen atoms in total. The van der Waals surface area contributed by atoms with E-state index >= 15 is 0 Å². The quantitative estimate of drug-likeness (QED) is 0.311. The Kier molecular flexibility index (Phi) is 4.84. The average molecular weight is 404 g/mol. The number of Topliss-reactive ketones (excluding diaryl/α,β-unsaturated/α-hetero) is 1. The summed E-state index contributed by atoms with van der Waals surface area (Å²) in [7, 11) is 0. The summed E-state index contributed by atoms with van der Waals surface area (Å²) in [6.45, 7) is 6.47. The number of thiophene rings is 1. The van der Waals surface area contributed by atoms with Crippen molar-refractivity contribution in [3.63, 3.8) is 0 Å². The number of rotatable bonds is 3. The molecule has 0 spiro atoms. The van der Waals surface area contributed by atoms with Crippen molar-refractivity contribution in [2.24, 2.45) is 0 Å². The minimum atomic E-state index is -0.432. The lowest BCUT2D eigenvalue weighted by Gasteiger charge is -2.18. The van der Waals surface area contributed by atoms with Crippen LogP contribution in [-0.2, 0) is 5.41 Å². The third-order valence-electron chi connectivity index (χ3n) is 4.65. The number of fused-ring (bicyclic) bond motifs is 1. The maximum atomic E-state index is 12.6. The normalized spacial score (nSPS) is 14.6. The summed E-state index contributed by atoms with van der Waals surface area (Å²) in [5.41, 5.74) is 2.63. The number of esters is 1. The first-order chi connectivity index (χ1) is 13.8. The van der Waals surface area contributed by atoms with E-state index in [2.05, 4.69) is 32.9 Å². The summed E-state index contributed by atoms with van der Waals surface area (Å²) in [5, 5.41) is 1.81. The van der Waals surface area contributed by atoms with Gasteiger partial charge in [-0.3, -0.25) is 4.79 Å². The largest absolute Gasteiger partial charge is 0.452 e. The Morgan fingerprint density at radius 2 is 1.83 bits per heavy atom. The highest BCUT2D eigenvalue weighted by molar-refractivity contribution is 7.12. The monoisotopic (exact) mass is 404 g/mol. The molecular weight excluding hydrogens is 384 g/mol. The van der Waals surface area contributed by atoms with Crippen LogP contribution in [0.15, 0.2) is 65.7 Å². The summed E-state index contributed by atoms with van der Waals surface area (Å²) in [6, 6.07) is 16.3. The van der Waals surface area contributed by atoms with Crippen molar-refractivity contribution in [2.45, 2.75) is 26.2 Å². The van der Waals surface area contributed by atoms with Crippen LogP contribution in [0, 0.1) is 0 Å². The van der Waals surface area contributed by atoms with Gasteiger partial charge < -0.3 is 9.47 Å². The third-order valence-corrected chi connectivity index (χ3v) is 5.50. The van der Waals surface area contributed by atoms with Crippen molar-refractivity contribution >= 4 is 29.2 Å². The van der Waals surface area contributed by atoms with Crippen LogP contribution in [0.3, 0.4) is 0 Å². The Bertz CT molecular complexity index is 1100. The van der Waals surface area contributed by atoms with Crippen molar-refractivity contribution in [3.8, 4) is 11.5 Å². The first kappa shape index (κ1) is 19.2. The highest BCUT2D eigenvalue weighted by Gasteiger charge is 2.28. The van der Waals surface area contributed by atoms with Crippen molar-refractivity contribution in [3.05, 3.63) is 87.3 Å². The van der Waals surface area contributed by atoms with Crippen LogP contribution in [0.5, 0.6) is 11.5 Å². The molecule has 0 N–H and O–H groups in total. The Morgan fingerprint density at radius 1 is 1.07 bits per heavy atom. The van der Waals surface area contributed by atoms with Crippen LogP contribution in [0.4, 0.5) is 0 Å². The number of carbonyl (C=O) groups is 2. The van der Waals surface area contributed by atoms with E-state index in [0.29, 0.717) is 21.9 Å². The summed E-state index contributed by atoms with van der Waals surface area (Å²) < 4.78 is 11.1. The minimum Gasteiger partial charge on any atom is -0.452 e. The molecule has 0 unspecified atom stereocenters. The van der Waals surface area contributed by atoms with Crippen LogP contribution in [0.25, 0.3) is 6.08 Å². The molecular formula is C24H20O4S. The minimum absolute atomic E-state index is 0.0680. The van der Waals surface area contributed by atoms with Crippen LogP contribution >= 0.6 is 11.3 Å². The summed E-state index contributed by atoms with van der Waals surface area (Å²) in [4.78, 5) is 25.3. The Hall–Kier alpha value is -3.18. The molecule has 3 aromatic rings. The summed E-state index contributed by atoms with van der Waals surface area (Å²) >= 11 is 1.31. The average Bonchev–Trinajstić information content (AvgIpc) is 3.31. The van der Waals surface area contributed by atoms with Gasteiger partial charge in [-0.1, -0.05) is 51.1 Å². The predicted octanol–water partition coefficient (Wildman–Crippen LogP) is 5.88. The number of allylic oxidation sites excluding steroid dienone is 1. The number of hydrogen-bond donors (Lipinski definition) is 0. The maximum Gasteiger partial charge on any atom is 0.353 e. The molecule has 1 aliphatic rings. The molecule has 4 rings (SSSR count).